The molecule has 1 fully saturated rings. The molecule has 0 spiro atoms. The number of hydrogen-bond acceptors (Lipinski definition) is 8. The van der Waals surface area contributed by atoms with Gasteiger partial charge in [-0.1, -0.05) is 10.3 Å². The third-order valence-corrected chi connectivity index (χ3v) is 4.58. The molecule has 1 aliphatic heterocycles. The van der Waals surface area contributed by atoms with Crippen molar-refractivity contribution in [2.24, 2.45) is 0 Å². The minimum Gasteiger partial charge on any atom is -0.340 e. The molecule has 2 aromatic heterocycles. The quantitative estimate of drug-likeness (QED) is 0.831. The maximum Gasteiger partial charge on any atom is 0.243 e. The van der Waals surface area contributed by atoms with Crippen LogP contribution in [0.1, 0.15) is 30.8 Å². The van der Waals surface area contributed by atoms with Crippen LogP contribution in [-0.2, 0) is 11.3 Å². The number of nitrogens with one attached hydrogen (secondary N) is 1. The summed E-state index contributed by atoms with van der Waals surface area (Å²) in [5, 5.41) is 10.5. The molecular formula is C16H24N6O3. The number of hydrogen-bond donors (Lipinski definition) is 1. The van der Waals surface area contributed by atoms with Crippen LogP contribution < -0.4 is 5.32 Å². The van der Waals surface area contributed by atoms with Gasteiger partial charge in [0.2, 0.25) is 17.7 Å². The van der Waals surface area contributed by atoms with Crippen LogP contribution in [0.2, 0.25) is 0 Å². The summed E-state index contributed by atoms with van der Waals surface area (Å²) in [5.74, 6) is 1.55. The molecule has 136 valence electrons. The van der Waals surface area contributed by atoms with Crippen LogP contribution in [0.25, 0.3) is 0 Å². The number of rotatable bonds is 6. The predicted octanol–water partition coefficient (Wildman–Crippen LogP) is 1.21. The van der Waals surface area contributed by atoms with E-state index in [9.17, 15) is 4.79 Å². The standard InChI is InChI=1S/C16H24N6O3/c1-10-7-15(25-19-10)18-16(23)11(2)22-6-5-13(8-22)21(4)9-14-17-12(3)24-20-14/h7,11,13H,5-6,8-9H2,1-4H3,(H,18,23)/t11-,13-/m0/s1. The molecule has 1 amide bonds. The smallest absolute Gasteiger partial charge is 0.243 e. The Morgan fingerprint density at radius 1 is 1.44 bits per heavy atom. The second-order valence-corrected chi connectivity index (χ2v) is 6.58. The van der Waals surface area contributed by atoms with E-state index in [1.165, 1.54) is 0 Å². The van der Waals surface area contributed by atoms with Crippen molar-refractivity contribution < 1.29 is 13.8 Å². The van der Waals surface area contributed by atoms with E-state index in [0.717, 1.165) is 25.2 Å². The molecule has 25 heavy (non-hydrogen) atoms. The predicted molar refractivity (Wildman–Crippen MR) is 89.8 cm³/mol. The first-order valence-electron chi connectivity index (χ1n) is 8.40. The van der Waals surface area contributed by atoms with Gasteiger partial charge in [-0.25, -0.2) is 0 Å². The molecule has 9 nitrogen and oxygen atoms in total. The van der Waals surface area contributed by atoms with Crippen molar-refractivity contribution in [3.8, 4) is 0 Å². The van der Waals surface area contributed by atoms with Crippen LogP contribution in [0.3, 0.4) is 0 Å². The Hall–Kier alpha value is -2.26. The summed E-state index contributed by atoms with van der Waals surface area (Å²) in [6.07, 6.45) is 0.992. The highest BCUT2D eigenvalue weighted by atomic mass is 16.5. The summed E-state index contributed by atoms with van der Waals surface area (Å²) >= 11 is 0. The van der Waals surface area contributed by atoms with E-state index in [-0.39, 0.29) is 11.9 Å². The number of carbonyl (C=O) groups excluding carboxylic acids is 1. The van der Waals surface area contributed by atoms with Gasteiger partial charge in [0.25, 0.3) is 0 Å². The molecule has 2 aromatic rings. The summed E-state index contributed by atoms with van der Waals surface area (Å²) in [5.41, 5.74) is 0.738. The van der Waals surface area contributed by atoms with Crippen LogP contribution in [-0.4, -0.2) is 63.2 Å². The number of likely N-dealkylation sites (tertiary alicyclic amines) is 1. The molecule has 0 aromatic carbocycles. The van der Waals surface area contributed by atoms with Crippen molar-refractivity contribution >= 4 is 11.8 Å². The van der Waals surface area contributed by atoms with Crippen LogP contribution in [0.15, 0.2) is 15.1 Å². The highest BCUT2D eigenvalue weighted by molar-refractivity contribution is 5.93. The fourth-order valence-electron chi connectivity index (χ4n) is 3.05. The third-order valence-electron chi connectivity index (χ3n) is 4.58. The van der Waals surface area contributed by atoms with Crippen LogP contribution in [0.5, 0.6) is 0 Å². The fraction of sp³-hybridized carbons (Fsp3) is 0.625. The molecule has 0 bridgehead atoms. The van der Waals surface area contributed by atoms with Crippen molar-refractivity contribution in [3.63, 3.8) is 0 Å². The van der Waals surface area contributed by atoms with Crippen LogP contribution >= 0.6 is 0 Å². The zero-order valence-corrected chi connectivity index (χ0v) is 15.0. The van der Waals surface area contributed by atoms with E-state index in [2.05, 4.69) is 30.4 Å². The van der Waals surface area contributed by atoms with Gasteiger partial charge in [0, 0.05) is 32.1 Å². The molecule has 1 saturated heterocycles. The summed E-state index contributed by atoms with van der Waals surface area (Å²) in [4.78, 5) is 21.0. The molecule has 9 heteroatoms. The van der Waals surface area contributed by atoms with Gasteiger partial charge in [-0.15, -0.1) is 0 Å². The maximum atomic E-state index is 12.4. The Balaban J connectivity index is 1.51. The number of anilines is 1. The van der Waals surface area contributed by atoms with Crippen LogP contribution in [0, 0.1) is 13.8 Å². The van der Waals surface area contributed by atoms with Crippen LogP contribution in [0.4, 0.5) is 5.88 Å². The Labute approximate surface area is 146 Å². The fourth-order valence-corrected chi connectivity index (χ4v) is 3.05. The molecule has 2 atom stereocenters. The molecular weight excluding hydrogens is 324 g/mol. The molecule has 3 heterocycles. The summed E-state index contributed by atoms with van der Waals surface area (Å²) in [7, 11) is 2.04. The van der Waals surface area contributed by atoms with Crippen molar-refractivity contribution in [2.45, 2.75) is 45.8 Å². The van der Waals surface area contributed by atoms with Crippen molar-refractivity contribution in [2.75, 3.05) is 25.5 Å². The van der Waals surface area contributed by atoms with E-state index in [4.69, 9.17) is 9.05 Å². The van der Waals surface area contributed by atoms with Crippen molar-refractivity contribution in [3.05, 3.63) is 23.5 Å². The number of aromatic nitrogens is 3. The minimum absolute atomic E-state index is 0.0896. The number of aryl methyl sites for hydroxylation is 2. The van der Waals surface area contributed by atoms with E-state index >= 15 is 0 Å². The first-order valence-corrected chi connectivity index (χ1v) is 8.40. The Morgan fingerprint density at radius 3 is 2.88 bits per heavy atom. The second-order valence-electron chi connectivity index (χ2n) is 6.58. The Morgan fingerprint density at radius 2 is 2.24 bits per heavy atom. The zero-order chi connectivity index (χ0) is 18.0. The first kappa shape index (κ1) is 17.6. The third kappa shape index (κ3) is 4.23. The molecule has 0 unspecified atom stereocenters. The Bertz CT molecular complexity index is 727. The molecule has 1 aliphatic rings. The second kappa shape index (κ2) is 7.32. The molecule has 1 N–H and O–H groups in total. The van der Waals surface area contributed by atoms with Gasteiger partial charge in [0.1, 0.15) is 0 Å². The molecule has 0 aliphatic carbocycles. The maximum absolute atomic E-state index is 12.4. The van der Waals surface area contributed by atoms with E-state index in [1.54, 1.807) is 13.0 Å². The monoisotopic (exact) mass is 348 g/mol. The number of likely N-dealkylation sites (N-methyl/N-ethyl adjacent to an activating group) is 1. The summed E-state index contributed by atoms with van der Waals surface area (Å²) in [6, 6.07) is 1.82. The molecule has 0 radical (unpaired) electrons. The van der Waals surface area contributed by atoms with Gasteiger partial charge in [0.05, 0.1) is 18.3 Å². The van der Waals surface area contributed by atoms with Crippen molar-refractivity contribution in [1.82, 2.24) is 25.1 Å². The zero-order valence-electron chi connectivity index (χ0n) is 15.0. The highest BCUT2D eigenvalue weighted by Crippen LogP contribution is 2.19. The number of nitrogens with zero attached hydrogens (tertiary/aromatic N) is 5. The summed E-state index contributed by atoms with van der Waals surface area (Å²) < 4.78 is 10.1. The van der Waals surface area contributed by atoms with Gasteiger partial charge in [-0.3, -0.25) is 19.9 Å². The topological polar surface area (TPSA) is 101 Å². The Kier molecular flexibility index (Phi) is 5.14. The van der Waals surface area contributed by atoms with Gasteiger partial charge in [0.15, 0.2) is 5.82 Å². The molecule has 3 rings (SSSR count). The largest absolute Gasteiger partial charge is 0.340 e. The highest BCUT2D eigenvalue weighted by Gasteiger charge is 2.32. The normalized spacial score (nSPS) is 19.5. The van der Waals surface area contributed by atoms with Gasteiger partial charge >= 0.3 is 0 Å². The lowest BCUT2D eigenvalue weighted by Gasteiger charge is -2.26. The lowest BCUT2D eigenvalue weighted by Crippen LogP contribution is -2.42. The number of amides is 1. The van der Waals surface area contributed by atoms with Crippen molar-refractivity contribution in [1.29, 1.82) is 0 Å². The molecule has 0 saturated carbocycles. The summed E-state index contributed by atoms with van der Waals surface area (Å²) in [6.45, 7) is 7.82. The van der Waals surface area contributed by atoms with Gasteiger partial charge < -0.3 is 9.05 Å². The average molecular weight is 348 g/mol. The SMILES string of the molecule is Cc1cc(NC(=O)[C@H](C)N2CC[C@H](N(C)Cc3noc(C)n3)C2)on1. The van der Waals surface area contributed by atoms with E-state index in [0.29, 0.717) is 30.2 Å². The van der Waals surface area contributed by atoms with Gasteiger partial charge in [-0.05, 0) is 27.3 Å². The average Bonchev–Trinajstić information content (AvgIpc) is 3.28. The first-order chi connectivity index (χ1) is 11.9. The number of carbonyl (C=O) groups is 1. The van der Waals surface area contributed by atoms with E-state index < -0.39 is 0 Å². The minimum atomic E-state index is -0.240. The lowest BCUT2D eigenvalue weighted by molar-refractivity contribution is -0.120. The van der Waals surface area contributed by atoms with Gasteiger partial charge in [-0.2, -0.15) is 4.98 Å². The lowest BCUT2D eigenvalue weighted by atomic mass is 10.2. The van der Waals surface area contributed by atoms with E-state index in [1.807, 2.05) is 20.9 Å².